The van der Waals surface area contributed by atoms with E-state index in [0.717, 1.165) is 11.8 Å². The second kappa shape index (κ2) is 4.79. The van der Waals surface area contributed by atoms with Crippen LogP contribution in [0.2, 0.25) is 0 Å². The van der Waals surface area contributed by atoms with Crippen LogP contribution < -0.4 is 5.32 Å². The standard InChI is InChI=1S/C14H19N3O2/c1-8(11-5-9-2-3-10(11)4-9)16-13-7-15-6-12(17-13)14(18)19/h6-11H,2-5H2,1H3,(H,16,17)(H,18,19). The van der Waals surface area contributed by atoms with Crippen LogP contribution in [0, 0.1) is 17.8 Å². The van der Waals surface area contributed by atoms with Gasteiger partial charge in [0.15, 0.2) is 5.69 Å². The summed E-state index contributed by atoms with van der Waals surface area (Å²) in [6, 6.07) is 0.327. The third kappa shape index (κ3) is 2.41. The van der Waals surface area contributed by atoms with E-state index in [1.807, 2.05) is 0 Å². The Kier molecular flexibility index (Phi) is 3.12. The van der Waals surface area contributed by atoms with Crippen molar-refractivity contribution >= 4 is 11.8 Å². The van der Waals surface area contributed by atoms with Crippen LogP contribution in [-0.2, 0) is 0 Å². The summed E-state index contributed by atoms with van der Waals surface area (Å²) in [5.41, 5.74) is -0.00913. The van der Waals surface area contributed by atoms with Gasteiger partial charge in [0.2, 0.25) is 0 Å². The van der Waals surface area contributed by atoms with Gasteiger partial charge in [-0.05, 0) is 43.9 Å². The number of fused-ring (bicyclic) bond motifs is 2. The summed E-state index contributed by atoms with van der Waals surface area (Å²) in [5.74, 6) is 1.96. The van der Waals surface area contributed by atoms with Crippen LogP contribution in [0.15, 0.2) is 12.4 Å². The van der Waals surface area contributed by atoms with Crippen molar-refractivity contribution in [2.75, 3.05) is 5.32 Å². The molecular formula is C14H19N3O2. The van der Waals surface area contributed by atoms with E-state index < -0.39 is 5.97 Å². The van der Waals surface area contributed by atoms with Crippen molar-refractivity contribution in [2.24, 2.45) is 17.8 Å². The Morgan fingerprint density at radius 3 is 2.89 bits per heavy atom. The number of aromatic nitrogens is 2. The Morgan fingerprint density at radius 1 is 1.42 bits per heavy atom. The first-order valence-electron chi connectivity index (χ1n) is 6.95. The lowest BCUT2D eigenvalue weighted by molar-refractivity contribution is 0.0690. The fraction of sp³-hybridized carbons (Fsp3) is 0.643. The van der Waals surface area contributed by atoms with Crippen molar-refractivity contribution < 1.29 is 9.90 Å². The Bertz CT molecular complexity index is 491. The summed E-state index contributed by atoms with van der Waals surface area (Å²) in [6.07, 6.45) is 8.28. The first-order valence-corrected chi connectivity index (χ1v) is 6.95. The lowest BCUT2D eigenvalue weighted by Gasteiger charge is -2.28. The predicted molar refractivity (Wildman–Crippen MR) is 71.0 cm³/mol. The first kappa shape index (κ1) is 12.4. The number of carboxylic acids is 1. The van der Waals surface area contributed by atoms with E-state index in [1.54, 1.807) is 6.20 Å². The third-order valence-electron chi connectivity index (χ3n) is 4.66. The lowest BCUT2D eigenvalue weighted by atomic mass is 9.84. The molecule has 4 atom stereocenters. The minimum Gasteiger partial charge on any atom is -0.476 e. The molecule has 5 nitrogen and oxygen atoms in total. The molecule has 2 bridgehead atoms. The second-order valence-corrected chi connectivity index (χ2v) is 5.87. The number of anilines is 1. The van der Waals surface area contributed by atoms with E-state index in [-0.39, 0.29) is 5.69 Å². The normalized spacial score (nSPS) is 30.3. The van der Waals surface area contributed by atoms with Crippen LogP contribution in [0.3, 0.4) is 0 Å². The maximum atomic E-state index is 10.9. The lowest BCUT2D eigenvalue weighted by Crippen LogP contribution is -2.30. The molecule has 3 rings (SSSR count). The van der Waals surface area contributed by atoms with Gasteiger partial charge in [-0.2, -0.15) is 0 Å². The summed E-state index contributed by atoms with van der Waals surface area (Å²) < 4.78 is 0. The predicted octanol–water partition coefficient (Wildman–Crippen LogP) is 2.41. The highest BCUT2D eigenvalue weighted by atomic mass is 16.4. The number of hydrogen-bond acceptors (Lipinski definition) is 4. The minimum absolute atomic E-state index is 0.00913. The smallest absolute Gasteiger partial charge is 0.356 e. The highest BCUT2D eigenvalue weighted by molar-refractivity contribution is 5.85. The molecule has 0 saturated heterocycles. The Balaban J connectivity index is 1.67. The molecule has 2 aliphatic rings. The zero-order valence-electron chi connectivity index (χ0n) is 11.0. The Hall–Kier alpha value is -1.65. The van der Waals surface area contributed by atoms with Crippen LogP contribution >= 0.6 is 0 Å². The van der Waals surface area contributed by atoms with Crippen LogP contribution in [0.5, 0.6) is 0 Å². The molecule has 5 heteroatoms. The summed E-state index contributed by atoms with van der Waals surface area (Å²) in [4.78, 5) is 18.9. The van der Waals surface area contributed by atoms with Gasteiger partial charge in [0, 0.05) is 6.04 Å². The zero-order valence-corrected chi connectivity index (χ0v) is 11.0. The van der Waals surface area contributed by atoms with E-state index in [9.17, 15) is 4.79 Å². The molecule has 1 aromatic rings. The summed E-state index contributed by atoms with van der Waals surface area (Å²) in [7, 11) is 0. The van der Waals surface area contributed by atoms with Crippen LogP contribution in [0.25, 0.3) is 0 Å². The summed E-state index contributed by atoms with van der Waals surface area (Å²) in [6.45, 7) is 2.17. The molecule has 0 radical (unpaired) electrons. The SMILES string of the molecule is CC(Nc1cncc(C(=O)O)n1)C1CC2CCC1C2. The molecular weight excluding hydrogens is 242 g/mol. The molecule has 2 N–H and O–H groups in total. The van der Waals surface area contributed by atoms with Crippen molar-refractivity contribution in [2.45, 2.75) is 38.6 Å². The fourth-order valence-corrected chi connectivity index (χ4v) is 3.79. The summed E-state index contributed by atoms with van der Waals surface area (Å²) >= 11 is 0. The number of nitrogens with zero attached hydrogens (tertiary/aromatic N) is 2. The van der Waals surface area contributed by atoms with Gasteiger partial charge in [-0.1, -0.05) is 6.42 Å². The van der Waals surface area contributed by atoms with Crippen molar-refractivity contribution in [3.8, 4) is 0 Å². The molecule has 2 saturated carbocycles. The van der Waals surface area contributed by atoms with Gasteiger partial charge < -0.3 is 10.4 Å². The molecule has 0 aromatic carbocycles. The molecule has 0 amide bonds. The van der Waals surface area contributed by atoms with Gasteiger partial charge in [0.1, 0.15) is 5.82 Å². The van der Waals surface area contributed by atoms with Crippen molar-refractivity contribution in [1.82, 2.24) is 9.97 Å². The zero-order chi connectivity index (χ0) is 13.4. The molecule has 2 fully saturated rings. The van der Waals surface area contributed by atoms with Crippen LogP contribution in [0.1, 0.15) is 43.1 Å². The van der Waals surface area contributed by atoms with Gasteiger partial charge in [0.05, 0.1) is 12.4 Å². The highest BCUT2D eigenvalue weighted by Gasteiger charge is 2.41. The molecule has 102 valence electrons. The van der Waals surface area contributed by atoms with Gasteiger partial charge >= 0.3 is 5.97 Å². The number of rotatable bonds is 4. The number of nitrogens with one attached hydrogen (secondary N) is 1. The highest BCUT2D eigenvalue weighted by Crippen LogP contribution is 2.49. The number of carboxylic acid groups (broad SMARTS) is 1. The molecule has 2 aliphatic carbocycles. The van der Waals surface area contributed by atoms with Crippen LogP contribution in [0.4, 0.5) is 5.82 Å². The van der Waals surface area contributed by atoms with Gasteiger partial charge in [-0.25, -0.2) is 9.78 Å². The van der Waals surface area contributed by atoms with Gasteiger partial charge in [-0.3, -0.25) is 4.98 Å². The molecule has 1 heterocycles. The molecule has 1 aromatic heterocycles. The number of aromatic carboxylic acids is 1. The topological polar surface area (TPSA) is 75.1 Å². The fourth-order valence-electron chi connectivity index (χ4n) is 3.79. The van der Waals surface area contributed by atoms with Crippen molar-refractivity contribution in [3.63, 3.8) is 0 Å². The van der Waals surface area contributed by atoms with Crippen molar-refractivity contribution in [3.05, 3.63) is 18.1 Å². The molecule has 0 spiro atoms. The quantitative estimate of drug-likeness (QED) is 0.870. The second-order valence-electron chi connectivity index (χ2n) is 5.87. The average Bonchev–Trinajstić information content (AvgIpc) is 3.01. The molecule has 4 unspecified atom stereocenters. The first-order chi connectivity index (χ1) is 9.13. The van der Waals surface area contributed by atoms with Gasteiger partial charge in [-0.15, -0.1) is 0 Å². The average molecular weight is 261 g/mol. The van der Waals surface area contributed by atoms with E-state index in [2.05, 4.69) is 22.2 Å². The minimum atomic E-state index is -1.04. The summed E-state index contributed by atoms with van der Waals surface area (Å²) in [5, 5.41) is 12.2. The Morgan fingerprint density at radius 2 is 2.26 bits per heavy atom. The van der Waals surface area contributed by atoms with Crippen molar-refractivity contribution in [1.29, 1.82) is 0 Å². The van der Waals surface area contributed by atoms with Crippen LogP contribution in [-0.4, -0.2) is 27.1 Å². The number of hydrogen-bond donors (Lipinski definition) is 2. The number of carbonyl (C=O) groups is 1. The third-order valence-corrected chi connectivity index (χ3v) is 4.66. The van der Waals surface area contributed by atoms with Gasteiger partial charge in [0.25, 0.3) is 0 Å². The Labute approximate surface area is 112 Å². The largest absolute Gasteiger partial charge is 0.476 e. The maximum absolute atomic E-state index is 10.9. The monoisotopic (exact) mass is 261 g/mol. The van der Waals surface area contributed by atoms with E-state index >= 15 is 0 Å². The molecule has 0 aliphatic heterocycles. The maximum Gasteiger partial charge on any atom is 0.356 e. The van der Waals surface area contributed by atoms with E-state index in [1.165, 1.54) is 31.9 Å². The van der Waals surface area contributed by atoms with E-state index in [4.69, 9.17) is 5.11 Å². The molecule has 19 heavy (non-hydrogen) atoms. The van der Waals surface area contributed by atoms with E-state index in [0.29, 0.717) is 17.8 Å².